The third-order valence-electron chi connectivity index (χ3n) is 2.93. The van der Waals surface area contributed by atoms with Crippen LogP contribution in [0.25, 0.3) is 0 Å². The number of benzene rings is 2. The van der Waals surface area contributed by atoms with Crippen LogP contribution in [-0.2, 0) is 0 Å². The second kappa shape index (κ2) is 10.7. The number of hydrogen-bond acceptors (Lipinski definition) is 3. The fraction of sp³-hybridized carbons (Fsp3) is 0.316. The Labute approximate surface area is 149 Å². The van der Waals surface area contributed by atoms with Gasteiger partial charge in [0.2, 0.25) is 0 Å². The molecule has 0 saturated heterocycles. The SMILES string of the molecule is CC(C)Oc1ccc(C(=O)NCCN)cc1Cl.Cc1ccccc1. The lowest BCUT2D eigenvalue weighted by molar-refractivity contribution is 0.0954. The lowest BCUT2D eigenvalue weighted by Crippen LogP contribution is -2.28. The number of halogens is 1. The van der Waals surface area contributed by atoms with Crippen molar-refractivity contribution in [2.75, 3.05) is 13.1 Å². The highest BCUT2D eigenvalue weighted by molar-refractivity contribution is 6.32. The minimum absolute atomic E-state index is 0.0458. The highest BCUT2D eigenvalue weighted by Gasteiger charge is 2.09. The quantitative estimate of drug-likeness (QED) is 0.863. The minimum atomic E-state index is -0.187. The molecule has 1 amide bonds. The first-order valence-electron chi connectivity index (χ1n) is 7.90. The number of hydrogen-bond donors (Lipinski definition) is 2. The Morgan fingerprint density at radius 3 is 2.33 bits per heavy atom. The summed E-state index contributed by atoms with van der Waals surface area (Å²) in [5.41, 5.74) is 7.12. The number of ether oxygens (including phenoxy) is 1. The maximum Gasteiger partial charge on any atom is 0.251 e. The first-order valence-corrected chi connectivity index (χ1v) is 8.28. The van der Waals surface area contributed by atoms with Gasteiger partial charge in [-0.2, -0.15) is 0 Å². The van der Waals surface area contributed by atoms with Gasteiger partial charge in [0.25, 0.3) is 5.91 Å². The lowest BCUT2D eigenvalue weighted by atomic mass is 10.2. The molecule has 24 heavy (non-hydrogen) atoms. The fourth-order valence-corrected chi connectivity index (χ4v) is 2.04. The van der Waals surface area contributed by atoms with Crippen molar-refractivity contribution in [1.29, 1.82) is 0 Å². The van der Waals surface area contributed by atoms with Gasteiger partial charge in [-0.1, -0.05) is 47.5 Å². The number of rotatable bonds is 5. The summed E-state index contributed by atoms with van der Waals surface area (Å²) in [5.74, 6) is 0.394. The first kappa shape index (κ1) is 20.0. The Hall–Kier alpha value is -2.04. The van der Waals surface area contributed by atoms with E-state index in [0.717, 1.165) is 0 Å². The van der Waals surface area contributed by atoms with E-state index in [1.807, 2.05) is 32.0 Å². The molecule has 0 fully saturated rings. The predicted molar refractivity (Wildman–Crippen MR) is 99.8 cm³/mol. The van der Waals surface area contributed by atoms with E-state index < -0.39 is 0 Å². The zero-order valence-corrected chi connectivity index (χ0v) is 15.1. The van der Waals surface area contributed by atoms with Crippen LogP contribution in [0.5, 0.6) is 5.75 Å². The number of nitrogens with one attached hydrogen (secondary N) is 1. The minimum Gasteiger partial charge on any atom is -0.489 e. The van der Waals surface area contributed by atoms with E-state index >= 15 is 0 Å². The van der Waals surface area contributed by atoms with Gasteiger partial charge in [-0.15, -0.1) is 0 Å². The molecule has 0 spiro atoms. The number of amides is 1. The van der Waals surface area contributed by atoms with Crippen molar-refractivity contribution >= 4 is 17.5 Å². The smallest absolute Gasteiger partial charge is 0.251 e. The predicted octanol–water partition coefficient (Wildman–Crippen LogP) is 3.81. The number of nitrogens with two attached hydrogens (primary N) is 1. The first-order chi connectivity index (χ1) is 11.4. The van der Waals surface area contributed by atoms with Gasteiger partial charge in [0.05, 0.1) is 11.1 Å². The third-order valence-corrected chi connectivity index (χ3v) is 3.22. The third kappa shape index (κ3) is 7.49. The van der Waals surface area contributed by atoms with E-state index in [-0.39, 0.29) is 12.0 Å². The van der Waals surface area contributed by atoms with E-state index in [0.29, 0.717) is 29.4 Å². The van der Waals surface area contributed by atoms with Gasteiger partial charge < -0.3 is 15.8 Å². The molecule has 2 aromatic carbocycles. The van der Waals surface area contributed by atoms with Crippen LogP contribution in [0.3, 0.4) is 0 Å². The topological polar surface area (TPSA) is 64.3 Å². The number of aryl methyl sites for hydroxylation is 1. The average molecular weight is 349 g/mol. The molecule has 0 aromatic heterocycles. The van der Waals surface area contributed by atoms with Crippen molar-refractivity contribution in [1.82, 2.24) is 5.32 Å². The Morgan fingerprint density at radius 1 is 1.21 bits per heavy atom. The van der Waals surface area contributed by atoms with Crippen molar-refractivity contribution in [3.63, 3.8) is 0 Å². The Balaban J connectivity index is 0.000000341. The summed E-state index contributed by atoms with van der Waals surface area (Å²) in [7, 11) is 0. The number of carbonyl (C=O) groups excluding carboxylic acids is 1. The van der Waals surface area contributed by atoms with Gasteiger partial charge in [0, 0.05) is 18.7 Å². The van der Waals surface area contributed by atoms with Crippen LogP contribution in [0.1, 0.15) is 29.8 Å². The molecule has 5 heteroatoms. The second-order valence-corrected chi connectivity index (χ2v) is 5.92. The largest absolute Gasteiger partial charge is 0.489 e. The summed E-state index contributed by atoms with van der Waals surface area (Å²) >= 11 is 6.02. The van der Waals surface area contributed by atoms with Crippen molar-refractivity contribution in [3.8, 4) is 5.75 Å². The Kier molecular flexibility index (Phi) is 8.90. The Morgan fingerprint density at radius 2 is 1.88 bits per heavy atom. The maximum atomic E-state index is 11.6. The van der Waals surface area contributed by atoms with Crippen molar-refractivity contribution in [3.05, 3.63) is 64.7 Å². The molecule has 0 aliphatic rings. The zero-order valence-electron chi connectivity index (χ0n) is 14.4. The monoisotopic (exact) mass is 348 g/mol. The van der Waals surface area contributed by atoms with E-state index in [9.17, 15) is 4.79 Å². The molecule has 0 aliphatic heterocycles. The zero-order chi connectivity index (χ0) is 17.9. The van der Waals surface area contributed by atoms with Crippen LogP contribution in [0.4, 0.5) is 0 Å². The van der Waals surface area contributed by atoms with Gasteiger partial charge in [-0.25, -0.2) is 0 Å². The number of carbonyl (C=O) groups is 1. The van der Waals surface area contributed by atoms with Gasteiger partial charge in [0.15, 0.2) is 0 Å². The highest BCUT2D eigenvalue weighted by Crippen LogP contribution is 2.26. The summed E-state index contributed by atoms with van der Waals surface area (Å²) in [6.45, 7) is 6.77. The van der Waals surface area contributed by atoms with Gasteiger partial charge in [0.1, 0.15) is 5.75 Å². The molecule has 0 radical (unpaired) electrons. The molecule has 0 atom stereocenters. The molecule has 2 rings (SSSR count). The summed E-state index contributed by atoms with van der Waals surface area (Å²) in [5, 5.41) is 3.10. The molecule has 2 aromatic rings. The van der Waals surface area contributed by atoms with Crippen LogP contribution >= 0.6 is 11.6 Å². The standard InChI is InChI=1S/C12H17ClN2O2.C7H8/c1-8(2)17-11-4-3-9(7-10(11)13)12(16)15-6-5-14;1-7-5-3-2-4-6-7/h3-4,7-8H,5-6,14H2,1-2H3,(H,15,16);2-6H,1H3. The van der Waals surface area contributed by atoms with Crippen LogP contribution < -0.4 is 15.8 Å². The summed E-state index contributed by atoms with van der Waals surface area (Å²) in [4.78, 5) is 11.6. The maximum absolute atomic E-state index is 11.6. The van der Waals surface area contributed by atoms with Gasteiger partial charge >= 0.3 is 0 Å². The summed E-state index contributed by atoms with van der Waals surface area (Å²) in [6, 6.07) is 15.2. The van der Waals surface area contributed by atoms with Crippen LogP contribution in [0.15, 0.2) is 48.5 Å². The van der Waals surface area contributed by atoms with Crippen molar-refractivity contribution in [2.24, 2.45) is 5.73 Å². The molecule has 3 N–H and O–H groups in total. The second-order valence-electron chi connectivity index (χ2n) is 5.51. The van der Waals surface area contributed by atoms with E-state index in [4.69, 9.17) is 22.1 Å². The molecule has 0 aliphatic carbocycles. The normalized spacial score (nSPS) is 9.92. The van der Waals surface area contributed by atoms with E-state index in [1.54, 1.807) is 18.2 Å². The van der Waals surface area contributed by atoms with E-state index in [1.165, 1.54) is 5.56 Å². The lowest BCUT2D eigenvalue weighted by Gasteiger charge is -2.12. The fourth-order valence-electron chi connectivity index (χ4n) is 1.81. The highest BCUT2D eigenvalue weighted by atomic mass is 35.5. The molecular formula is C19H25ClN2O2. The average Bonchev–Trinajstić information content (AvgIpc) is 2.55. The molecular weight excluding hydrogens is 324 g/mol. The van der Waals surface area contributed by atoms with Crippen molar-refractivity contribution < 1.29 is 9.53 Å². The molecule has 0 saturated carbocycles. The van der Waals surface area contributed by atoms with Crippen LogP contribution in [0.2, 0.25) is 5.02 Å². The van der Waals surface area contributed by atoms with Crippen molar-refractivity contribution in [2.45, 2.75) is 26.9 Å². The van der Waals surface area contributed by atoms with Gasteiger partial charge in [-0.05, 0) is 39.0 Å². The molecule has 0 heterocycles. The Bertz CT molecular complexity index is 631. The molecule has 4 nitrogen and oxygen atoms in total. The summed E-state index contributed by atoms with van der Waals surface area (Å²) < 4.78 is 5.48. The molecule has 0 bridgehead atoms. The van der Waals surface area contributed by atoms with Gasteiger partial charge in [-0.3, -0.25) is 4.79 Å². The van der Waals surface area contributed by atoms with E-state index in [2.05, 4.69) is 24.4 Å². The summed E-state index contributed by atoms with van der Waals surface area (Å²) in [6.07, 6.45) is 0.0458. The van der Waals surface area contributed by atoms with Crippen LogP contribution in [-0.4, -0.2) is 25.1 Å². The molecule has 0 unspecified atom stereocenters. The van der Waals surface area contributed by atoms with Crippen LogP contribution in [0, 0.1) is 6.92 Å². The molecule has 130 valence electrons.